The molecule has 3 rings (SSSR count). The Hall–Kier alpha value is -3.12. The molecule has 0 spiro atoms. The molecule has 0 aliphatic rings. The number of nitrogens with zero attached hydrogens (tertiary/aromatic N) is 2. The quantitative estimate of drug-likeness (QED) is 0.117. The van der Waals surface area contributed by atoms with Crippen LogP contribution < -0.4 is 5.56 Å². The van der Waals surface area contributed by atoms with E-state index in [4.69, 9.17) is 9.72 Å². The zero-order valence-electron chi connectivity index (χ0n) is 19.3. The van der Waals surface area contributed by atoms with Crippen LogP contribution in [0.4, 0.5) is 0 Å². The van der Waals surface area contributed by atoms with Gasteiger partial charge >= 0.3 is 5.97 Å². The minimum Gasteiger partial charge on any atom is -0.462 e. The van der Waals surface area contributed by atoms with E-state index >= 15 is 0 Å². The van der Waals surface area contributed by atoms with Gasteiger partial charge in [-0.3, -0.25) is 9.36 Å². The Labute approximate surface area is 199 Å². The minimum absolute atomic E-state index is 0.0446. The third-order valence-corrected chi connectivity index (χ3v) is 6.33. The molecule has 0 unspecified atom stereocenters. The summed E-state index contributed by atoms with van der Waals surface area (Å²) >= 11 is 1.60. The minimum atomic E-state index is -0.328. The molecule has 0 fully saturated rings. The maximum absolute atomic E-state index is 13.4. The molecular weight excluding hydrogens is 432 g/mol. The molecule has 2 aromatic carbocycles. The fourth-order valence-electron chi connectivity index (χ4n) is 3.39. The molecule has 3 aromatic rings. The average molecular weight is 463 g/mol. The van der Waals surface area contributed by atoms with Crippen LogP contribution in [0.3, 0.4) is 0 Å². The molecule has 1 heterocycles. The summed E-state index contributed by atoms with van der Waals surface area (Å²) in [7, 11) is 1.79. The maximum Gasteiger partial charge on any atom is 0.333 e. The molecule has 0 saturated heterocycles. The van der Waals surface area contributed by atoms with E-state index in [2.05, 4.69) is 6.58 Å². The lowest BCUT2D eigenvalue weighted by atomic mass is 10.0. The summed E-state index contributed by atoms with van der Waals surface area (Å²) in [4.78, 5) is 29.7. The van der Waals surface area contributed by atoms with Crippen LogP contribution in [0.1, 0.15) is 32.6 Å². The highest BCUT2D eigenvalue weighted by molar-refractivity contribution is 7.99. The van der Waals surface area contributed by atoms with Crippen LogP contribution >= 0.6 is 11.8 Å². The van der Waals surface area contributed by atoms with Crippen LogP contribution in [-0.2, 0) is 16.6 Å². The first-order valence-electron chi connectivity index (χ1n) is 11.2. The number of thioether (sulfide) groups is 1. The number of aromatic nitrogens is 2. The third-order valence-electron chi connectivity index (χ3n) is 5.21. The van der Waals surface area contributed by atoms with Crippen LogP contribution in [0.15, 0.2) is 82.8 Å². The SMILES string of the molecule is C=C(C)C(=O)OCCCCCCSc1nc(-c2ccccc2)c(-c2ccccc2)c(=O)n1C. The lowest BCUT2D eigenvalue weighted by molar-refractivity contribution is -0.139. The van der Waals surface area contributed by atoms with E-state index in [9.17, 15) is 9.59 Å². The van der Waals surface area contributed by atoms with Crippen molar-refractivity contribution in [1.82, 2.24) is 9.55 Å². The van der Waals surface area contributed by atoms with Crippen molar-refractivity contribution in [3.05, 3.63) is 83.2 Å². The Morgan fingerprint density at radius 1 is 0.970 bits per heavy atom. The first-order valence-corrected chi connectivity index (χ1v) is 12.1. The first kappa shape index (κ1) is 24.5. The lowest BCUT2D eigenvalue weighted by Gasteiger charge is -2.14. The van der Waals surface area contributed by atoms with E-state index < -0.39 is 0 Å². The zero-order valence-corrected chi connectivity index (χ0v) is 20.1. The van der Waals surface area contributed by atoms with Crippen LogP contribution in [0.25, 0.3) is 22.4 Å². The number of benzene rings is 2. The van der Waals surface area contributed by atoms with Gasteiger partial charge in [-0.15, -0.1) is 0 Å². The second-order valence-corrected chi connectivity index (χ2v) is 8.96. The molecule has 0 saturated carbocycles. The van der Waals surface area contributed by atoms with E-state index in [1.54, 1.807) is 30.3 Å². The standard InChI is InChI=1S/C27H30N2O3S/c1-20(2)26(31)32-18-12-4-5-13-19-33-27-28-24(22-16-10-7-11-17-22)23(25(30)29(27)3)21-14-8-6-9-15-21/h6-11,14-17H,1,4-5,12-13,18-19H2,2-3H3. The molecule has 33 heavy (non-hydrogen) atoms. The number of hydrogen-bond donors (Lipinski definition) is 0. The van der Waals surface area contributed by atoms with Crippen molar-refractivity contribution in [2.75, 3.05) is 12.4 Å². The normalized spacial score (nSPS) is 10.7. The van der Waals surface area contributed by atoms with Gasteiger partial charge in [0.15, 0.2) is 5.16 Å². The summed E-state index contributed by atoms with van der Waals surface area (Å²) in [6.45, 7) is 5.65. The fourth-order valence-corrected chi connectivity index (χ4v) is 4.35. The van der Waals surface area contributed by atoms with Crippen LogP contribution in [0, 0.1) is 0 Å². The second-order valence-electron chi connectivity index (χ2n) is 7.89. The van der Waals surface area contributed by atoms with Gasteiger partial charge in [0.25, 0.3) is 5.56 Å². The van der Waals surface area contributed by atoms with Crippen molar-refractivity contribution in [2.45, 2.75) is 37.8 Å². The smallest absolute Gasteiger partial charge is 0.333 e. The zero-order chi connectivity index (χ0) is 23.6. The monoisotopic (exact) mass is 462 g/mol. The largest absolute Gasteiger partial charge is 0.462 e. The Kier molecular flexibility index (Phi) is 9.07. The van der Waals surface area contributed by atoms with Crippen molar-refractivity contribution in [2.24, 2.45) is 7.05 Å². The van der Waals surface area contributed by atoms with E-state index in [-0.39, 0.29) is 11.5 Å². The van der Waals surface area contributed by atoms with E-state index in [1.807, 2.05) is 60.7 Å². The molecule has 0 atom stereocenters. The highest BCUT2D eigenvalue weighted by Gasteiger charge is 2.18. The van der Waals surface area contributed by atoms with Crippen molar-refractivity contribution in [3.8, 4) is 22.4 Å². The summed E-state index contributed by atoms with van der Waals surface area (Å²) < 4.78 is 6.77. The van der Waals surface area contributed by atoms with E-state index in [0.717, 1.165) is 42.6 Å². The molecular formula is C27H30N2O3S. The molecule has 6 heteroatoms. The van der Waals surface area contributed by atoms with Crippen molar-refractivity contribution in [1.29, 1.82) is 0 Å². The number of rotatable bonds is 11. The number of unbranched alkanes of at least 4 members (excludes halogenated alkanes) is 3. The van der Waals surface area contributed by atoms with Crippen molar-refractivity contribution in [3.63, 3.8) is 0 Å². The lowest BCUT2D eigenvalue weighted by Crippen LogP contribution is -2.23. The molecule has 1 aromatic heterocycles. The topological polar surface area (TPSA) is 61.2 Å². The van der Waals surface area contributed by atoms with Crippen LogP contribution in [0.2, 0.25) is 0 Å². The van der Waals surface area contributed by atoms with Crippen LogP contribution in [-0.4, -0.2) is 27.9 Å². The van der Waals surface area contributed by atoms with Gasteiger partial charge in [0.2, 0.25) is 0 Å². The summed E-state index contributed by atoms with van der Waals surface area (Å²) in [5, 5.41) is 0.717. The molecule has 0 amide bonds. The van der Waals surface area contributed by atoms with Gasteiger partial charge in [0.05, 0.1) is 17.9 Å². The fraction of sp³-hybridized carbons (Fsp3) is 0.296. The van der Waals surface area contributed by atoms with Gasteiger partial charge in [-0.2, -0.15) is 0 Å². The number of ether oxygens (including phenoxy) is 1. The Bertz CT molecular complexity index is 1140. The summed E-state index contributed by atoms with van der Waals surface area (Å²) in [5.74, 6) is 0.538. The molecule has 0 aliphatic carbocycles. The van der Waals surface area contributed by atoms with Gasteiger partial charge in [0.1, 0.15) is 0 Å². The van der Waals surface area contributed by atoms with Gasteiger partial charge in [-0.1, -0.05) is 91.8 Å². The van der Waals surface area contributed by atoms with Crippen molar-refractivity contribution < 1.29 is 9.53 Å². The number of esters is 1. The third kappa shape index (κ3) is 6.68. The maximum atomic E-state index is 13.4. The average Bonchev–Trinajstić information content (AvgIpc) is 2.84. The molecule has 0 bridgehead atoms. The Balaban J connectivity index is 1.67. The van der Waals surface area contributed by atoms with Gasteiger partial charge < -0.3 is 4.74 Å². The van der Waals surface area contributed by atoms with Crippen molar-refractivity contribution >= 4 is 17.7 Å². The predicted octanol–water partition coefficient (Wildman–Crippen LogP) is 5.89. The molecule has 0 aliphatic heterocycles. The summed E-state index contributed by atoms with van der Waals surface area (Å²) in [6, 6.07) is 19.6. The highest BCUT2D eigenvalue weighted by atomic mass is 32.2. The first-order chi connectivity index (χ1) is 16.0. The summed E-state index contributed by atoms with van der Waals surface area (Å²) in [6.07, 6.45) is 3.85. The van der Waals surface area contributed by atoms with E-state index in [0.29, 0.717) is 28.6 Å². The molecule has 0 N–H and O–H groups in total. The number of hydrogen-bond acceptors (Lipinski definition) is 5. The number of carbonyl (C=O) groups is 1. The predicted molar refractivity (Wildman–Crippen MR) is 135 cm³/mol. The van der Waals surface area contributed by atoms with Gasteiger partial charge in [-0.25, -0.2) is 9.78 Å². The molecule has 0 radical (unpaired) electrons. The highest BCUT2D eigenvalue weighted by Crippen LogP contribution is 2.30. The van der Waals surface area contributed by atoms with Gasteiger partial charge in [-0.05, 0) is 25.3 Å². The van der Waals surface area contributed by atoms with Gasteiger partial charge in [0, 0.05) is 23.9 Å². The second kappa shape index (κ2) is 12.2. The van der Waals surface area contributed by atoms with Crippen LogP contribution in [0.5, 0.6) is 0 Å². The molecule has 5 nitrogen and oxygen atoms in total. The van der Waals surface area contributed by atoms with E-state index in [1.165, 1.54) is 0 Å². The Morgan fingerprint density at radius 2 is 1.58 bits per heavy atom. The molecule has 172 valence electrons. The number of carbonyl (C=O) groups excluding carboxylic acids is 1. The summed E-state index contributed by atoms with van der Waals surface area (Å²) in [5.41, 5.74) is 3.52. The Morgan fingerprint density at radius 3 is 2.21 bits per heavy atom.